The summed E-state index contributed by atoms with van der Waals surface area (Å²) in [5.41, 5.74) is 0. The van der Waals surface area contributed by atoms with Crippen molar-refractivity contribution in [3.63, 3.8) is 0 Å². The Bertz CT molecular complexity index is 175. The van der Waals surface area contributed by atoms with Gasteiger partial charge >= 0.3 is 0 Å². The van der Waals surface area contributed by atoms with Crippen LogP contribution in [-0.4, -0.2) is 30.2 Å². The minimum Gasteiger partial charge on any atom is -0.392 e. The molecule has 1 atom stereocenters. The summed E-state index contributed by atoms with van der Waals surface area (Å²) in [5, 5.41) is 8.50. The van der Waals surface area contributed by atoms with Crippen molar-refractivity contribution in [3.8, 4) is 0 Å². The third-order valence-electron chi connectivity index (χ3n) is 1.99. The van der Waals surface area contributed by atoms with E-state index in [2.05, 4.69) is 0 Å². The highest BCUT2D eigenvalue weighted by atomic mass is 16.7. The second-order valence-electron chi connectivity index (χ2n) is 3.68. The minimum absolute atomic E-state index is 0.119. The number of aliphatic hydroxyl groups is 1. The zero-order valence-electron chi connectivity index (χ0n) is 8.32. The molecule has 13 heavy (non-hydrogen) atoms. The van der Waals surface area contributed by atoms with Gasteiger partial charge in [-0.15, -0.1) is 0 Å². The number of hydrogen-bond acceptors (Lipinski definition) is 3. The number of rotatable bonds is 4. The maximum Gasteiger partial charge on any atom is 0.163 e. The monoisotopic (exact) mass is 186 g/mol. The Hall–Kier alpha value is -0.380. The van der Waals surface area contributed by atoms with E-state index in [1.54, 1.807) is 6.08 Å². The maximum atomic E-state index is 8.50. The molecule has 0 radical (unpaired) electrons. The van der Waals surface area contributed by atoms with Gasteiger partial charge in [-0.05, 0) is 26.7 Å². The molecule has 0 bridgehead atoms. The first kappa shape index (κ1) is 10.7. The van der Waals surface area contributed by atoms with Gasteiger partial charge in [0.15, 0.2) is 5.79 Å². The standard InChI is InChI=1S/C10H18O3/c1-10(2)12-8-9(13-10)6-4-3-5-7-11/h3,5,9,11H,4,6-8H2,1-2H3/b5-3+/t9-/m0/s1. The van der Waals surface area contributed by atoms with E-state index < -0.39 is 5.79 Å². The van der Waals surface area contributed by atoms with Crippen LogP contribution in [-0.2, 0) is 9.47 Å². The molecule has 1 aliphatic rings. The number of allylic oxidation sites excluding steroid dienone is 1. The van der Waals surface area contributed by atoms with Crippen molar-refractivity contribution < 1.29 is 14.6 Å². The Kier molecular flexibility index (Phi) is 3.90. The van der Waals surface area contributed by atoms with E-state index in [-0.39, 0.29) is 12.7 Å². The Labute approximate surface area is 79.3 Å². The second-order valence-corrected chi connectivity index (χ2v) is 3.68. The summed E-state index contributed by atoms with van der Waals surface area (Å²) in [6, 6.07) is 0. The van der Waals surface area contributed by atoms with Crippen LogP contribution < -0.4 is 0 Å². The highest BCUT2D eigenvalue weighted by molar-refractivity contribution is 4.83. The van der Waals surface area contributed by atoms with Gasteiger partial charge < -0.3 is 14.6 Å². The quantitative estimate of drug-likeness (QED) is 0.676. The molecule has 1 rings (SSSR count). The molecule has 1 heterocycles. The SMILES string of the molecule is CC1(C)OC[C@H](CC/C=C/CO)O1. The summed E-state index contributed by atoms with van der Waals surface area (Å²) >= 11 is 0. The molecule has 1 N–H and O–H groups in total. The van der Waals surface area contributed by atoms with E-state index >= 15 is 0 Å². The highest BCUT2D eigenvalue weighted by Gasteiger charge is 2.31. The predicted molar refractivity (Wildman–Crippen MR) is 50.4 cm³/mol. The molecule has 3 nitrogen and oxygen atoms in total. The Morgan fingerprint density at radius 3 is 2.77 bits per heavy atom. The van der Waals surface area contributed by atoms with E-state index in [1.165, 1.54) is 0 Å². The van der Waals surface area contributed by atoms with Crippen molar-refractivity contribution in [1.82, 2.24) is 0 Å². The molecular weight excluding hydrogens is 168 g/mol. The number of hydrogen-bond donors (Lipinski definition) is 1. The van der Waals surface area contributed by atoms with Crippen LogP contribution in [0.15, 0.2) is 12.2 Å². The highest BCUT2D eigenvalue weighted by Crippen LogP contribution is 2.24. The molecule has 1 saturated heterocycles. The Balaban J connectivity index is 2.14. The van der Waals surface area contributed by atoms with Gasteiger partial charge in [0.2, 0.25) is 0 Å². The molecule has 0 spiro atoms. The third-order valence-corrected chi connectivity index (χ3v) is 1.99. The molecule has 0 unspecified atom stereocenters. The second kappa shape index (κ2) is 4.74. The van der Waals surface area contributed by atoms with Crippen LogP contribution in [0.1, 0.15) is 26.7 Å². The Morgan fingerprint density at radius 1 is 1.46 bits per heavy atom. The normalized spacial score (nSPS) is 27.2. The van der Waals surface area contributed by atoms with Gasteiger partial charge in [0.25, 0.3) is 0 Å². The summed E-state index contributed by atoms with van der Waals surface area (Å²) < 4.78 is 11.0. The number of aliphatic hydroxyl groups excluding tert-OH is 1. The van der Waals surface area contributed by atoms with E-state index in [0.717, 1.165) is 12.8 Å². The van der Waals surface area contributed by atoms with Gasteiger partial charge in [0, 0.05) is 0 Å². The summed E-state index contributed by atoms with van der Waals surface area (Å²) in [7, 11) is 0. The average molecular weight is 186 g/mol. The van der Waals surface area contributed by atoms with Crippen molar-refractivity contribution in [2.75, 3.05) is 13.2 Å². The maximum absolute atomic E-state index is 8.50. The van der Waals surface area contributed by atoms with Crippen molar-refractivity contribution in [2.24, 2.45) is 0 Å². The first-order valence-corrected chi connectivity index (χ1v) is 4.72. The van der Waals surface area contributed by atoms with E-state index in [1.807, 2.05) is 19.9 Å². The van der Waals surface area contributed by atoms with Crippen LogP contribution in [0.3, 0.4) is 0 Å². The van der Waals surface area contributed by atoms with Crippen LogP contribution in [0.25, 0.3) is 0 Å². The summed E-state index contributed by atoms with van der Waals surface area (Å²) in [6.45, 7) is 4.65. The van der Waals surface area contributed by atoms with Crippen molar-refractivity contribution in [3.05, 3.63) is 12.2 Å². The lowest BCUT2D eigenvalue weighted by atomic mass is 10.2. The zero-order chi connectivity index (χ0) is 9.73. The molecule has 0 aliphatic carbocycles. The summed E-state index contributed by atoms with van der Waals surface area (Å²) in [6.07, 6.45) is 5.82. The van der Waals surface area contributed by atoms with Crippen LogP contribution in [0, 0.1) is 0 Å². The van der Waals surface area contributed by atoms with Gasteiger partial charge in [-0.25, -0.2) is 0 Å². The lowest BCUT2D eigenvalue weighted by molar-refractivity contribution is -0.138. The molecule has 0 aromatic heterocycles. The van der Waals surface area contributed by atoms with E-state index in [9.17, 15) is 0 Å². The first-order valence-electron chi connectivity index (χ1n) is 4.72. The minimum atomic E-state index is -0.411. The van der Waals surface area contributed by atoms with Crippen LogP contribution in [0.4, 0.5) is 0 Å². The van der Waals surface area contributed by atoms with E-state index in [0.29, 0.717) is 6.61 Å². The fraction of sp³-hybridized carbons (Fsp3) is 0.800. The Morgan fingerprint density at radius 2 is 2.23 bits per heavy atom. The molecule has 0 amide bonds. The molecule has 0 saturated carbocycles. The topological polar surface area (TPSA) is 38.7 Å². The fourth-order valence-electron chi connectivity index (χ4n) is 1.38. The zero-order valence-corrected chi connectivity index (χ0v) is 8.32. The largest absolute Gasteiger partial charge is 0.392 e. The van der Waals surface area contributed by atoms with Crippen LogP contribution in [0.2, 0.25) is 0 Å². The van der Waals surface area contributed by atoms with E-state index in [4.69, 9.17) is 14.6 Å². The van der Waals surface area contributed by atoms with Gasteiger partial charge in [-0.3, -0.25) is 0 Å². The predicted octanol–water partition coefficient (Wildman–Crippen LogP) is 1.47. The lowest BCUT2D eigenvalue weighted by Crippen LogP contribution is -2.21. The molecule has 76 valence electrons. The summed E-state index contributed by atoms with van der Waals surface area (Å²) in [5.74, 6) is -0.411. The molecular formula is C10H18O3. The molecule has 0 aromatic rings. The molecule has 0 aromatic carbocycles. The molecule has 3 heteroatoms. The van der Waals surface area contributed by atoms with Gasteiger partial charge in [0.05, 0.1) is 19.3 Å². The van der Waals surface area contributed by atoms with Gasteiger partial charge in [-0.2, -0.15) is 0 Å². The molecule has 1 fully saturated rings. The smallest absolute Gasteiger partial charge is 0.163 e. The summed E-state index contributed by atoms with van der Waals surface area (Å²) in [4.78, 5) is 0. The average Bonchev–Trinajstić information content (AvgIpc) is 2.40. The third kappa shape index (κ3) is 3.89. The van der Waals surface area contributed by atoms with Crippen molar-refractivity contribution in [2.45, 2.75) is 38.6 Å². The van der Waals surface area contributed by atoms with Crippen LogP contribution in [0.5, 0.6) is 0 Å². The van der Waals surface area contributed by atoms with Crippen molar-refractivity contribution >= 4 is 0 Å². The van der Waals surface area contributed by atoms with Gasteiger partial charge in [-0.1, -0.05) is 12.2 Å². The fourth-order valence-corrected chi connectivity index (χ4v) is 1.38. The molecule has 1 aliphatic heterocycles. The lowest BCUT2D eigenvalue weighted by Gasteiger charge is -2.16. The van der Waals surface area contributed by atoms with Crippen LogP contribution >= 0.6 is 0 Å². The van der Waals surface area contributed by atoms with Gasteiger partial charge in [0.1, 0.15) is 0 Å². The number of ether oxygens (including phenoxy) is 2. The first-order chi connectivity index (χ1) is 6.14. The van der Waals surface area contributed by atoms with Crippen molar-refractivity contribution in [1.29, 1.82) is 0 Å².